The molecule has 4 nitrogen and oxygen atoms in total. The van der Waals surface area contributed by atoms with E-state index in [4.69, 9.17) is 9.47 Å². The van der Waals surface area contributed by atoms with Crippen molar-refractivity contribution in [2.24, 2.45) is 0 Å². The Morgan fingerprint density at radius 3 is 1.90 bits per heavy atom. The molecule has 0 aliphatic heterocycles. The van der Waals surface area contributed by atoms with E-state index >= 15 is 0 Å². The first kappa shape index (κ1) is 20.7. The maximum Gasteiger partial charge on any atom is 0.338 e. The number of esters is 2. The second kappa shape index (κ2) is 9.01. The molecule has 0 aliphatic rings. The monoisotopic (exact) mass is 402 g/mol. The van der Waals surface area contributed by atoms with Gasteiger partial charge in [0.05, 0.1) is 0 Å². The molecular formula is C25H19FO4. The summed E-state index contributed by atoms with van der Waals surface area (Å²) in [5.74, 6) is -0.697. The van der Waals surface area contributed by atoms with Crippen LogP contribution in [0.2, 0.25) is 0 Å². The van der Waals surface area contributed by atoms with E-state index < -0.39 is 11.9 Å². The van der Waals surface area contributed by atoms with E-state index in [0.29, 0.717) is 33.8 Å². The fourth-order valence-corrected chi connectivity index (χ4v) is 2.70. The van der Waals surface area contributed by atoms with Gasteiger partial charge in [0.2, 0.25) is 0 Å². The van der Waals surface area contributed by atoms with Gasteiger partial charge in [0.1, 0.15) is 17.3 Å². The van der Waals surface area contributed by atoms with Gasteiger partial charge in [0, 0.05) is 17.2 Å². The smallest absolute Gasteiger partial charge is 0.338 e. The van der Waals surface area contributed by atoms with Crippen LogP contribution in [0.25, 0.3) is 22.3 Å². The van der Waals surface area contributed by atoms with Crippen molar-refractivity contribution in [3.05, 3.63) is 97.4 Å². The lowest BCUT2D eigenvalue weighted by Gasteiger charge is -2.09. The maximum atomic E-state index is 14.8. The summed E-state index contributed by atoms with van der Waals surface area (Å²) in [6.07, 6.45) is 1.08. The first-order valence-electron chi connectivity index (χ1n) is 9.09. The zero-order chi connectivity index (χ0) is 21.7. The molecule has 0 unspecified atom stereocenters. The van der Waals surface area contributed by atoms with Gasteiger partial charge in [-0.15, -0.1) is 0 Å². The second-order valence-electron chi connectivity index (χ2n) is 6.54. The molecule has 0 aliphatic carbocycles. The van der Waals surface area contributed by atoms with Crippen LogP contribution in [0.15, 0.2) is 91.5 Å². The van der Waals surface area contributed by atoms with Gasteiger partial charge < -0.3 is 9.47 Å². The lowest BCUT2D eigenvalue weighted by molar-refractivity contribution is -0.130. The number of carbonyl (C=O) groups is 2. The molecule has 0 amide bonds. The third-order valence-corrected chi connectivity index (χ3v) is 4.27. The van der Waals surface area contributed by atoms with Crippen LogP contribution in [0.3, 0.4) is 0 Å². The zero-order valence-corrected chi connectivity index (χ0v) is 16.4. The maximum absolute atomic E-state index is 14.8. The van der Waals surface area contributed by atoms with E-state index in [1.807, 2.05) is 0 Å². The zero-order valence-electron chi connectivity index (χ0n) is 16.4. The molecule has 3 rings (SSSR count). The molecular weight excluding hydrogens is 383 g/mol. The predicted molar refractivity (Wildman–Crippen MR) is 114 cm³/mol. The summed E-state index contributed by atoms with van der Waals surface area (Å²) < 4.78 is 24.9. The molecule has 0 atom stereocenters. The van der Waals surface area contributed by atoms with Crippen molar-refractivity contribution in [2.45, 2.75) is 6.92 Å². The van der Waals surface area contributed by atoms with E-state index in [-0.39, 0.29) is 5.82 Å². The summed E-state index contributed by atoms with van der Waals surface area (Å²) in [5.41, 5.74) is 2.84. The Bertz CT molecular complexity index is 1110. The van der Waals surface area contributed by atoms with Crippen molar-refractivity contribution >= 4 is 11.9 Å². The summed E-state index contributed by atoms with van der Waals surface area (Å²) in [6.45, 7) is 8.44. The Morgan fingerprint density at radius 2 is 1.37 bits per heavy atom. The van der Waals surface area contributed by atoms with Gasteiger partial charge in [-0.2, -0.15) is 0 Å². The topological polar surface area (TPSA) is 52.6 Å². The van der Waals surface area contributed by atoms with Crippen molar-refractivity contribution < 1.29 is 23.5 Å². The first-order valence-corrected chi connectivity index (χ1v) is 9.09. The molecule has 0 N–H and O–H groups in total. The van der Waals surface area contributed by atoms with Crippen molar-refractivity contribution in [1.82, 2.24) is 0 Å². The summed E-state index contributed by atoms with van der Waals surface area (Å²) in [7, 11) is 0. The number of benzene rings is 3. The summed E-state index contributed by atoms with van der Waals surface area (Å²) in [6, 6.07) is 18.2. The molecule has 0 aromatic heterocycles. The summed E-state index contributed by atoms with van der Waals surface area (Å²) in [5, 5.41) is 0. The number of hydrogen-bond acceptors (Lipinski definition) is 4. The Morgan fingerprint density at radius 1 is 0.833 bits per heavy atom. The highest BCUT2D eigenvalue weighted by Crippen LogP contribution is 2.30. The van der Waals surface area contributed by atoms with Gasteiger partial charge in [-0.05, 0) is 53.9 Å². The molecule has 30 heavy (non-hydrogen) atoms. The van der Waals surface area contributed by atoms with E-state index in [2.05, 4.69) is 13.2 Å². The number of ether oxygens (including phenoxy) is 2. The highest BCUT2D eigenvalue weighted by atomic mass is 19.1. The van der Waals surface area contributed by atoms with E-state index in [1.54, 1.807) is 67.6 Å². The molecule has 5 heteroatoms. The fourth-order valence-electron chi connectivity index (χ4n) is 2.70. The standard InChI is InChI=1S/C25H19FO4/c1-4-24(27)29-20-10-5-17(6-11-20)19-9-14-22(23(26)15-19)18-7-12-21(13-8-18)30-25(28)16(2)3/h4-15H,1-2H2,3H3. The van der Waals surface area contributed by atoms with Crippen LogP contribution in [0, 0.1) is 5.82 Å². The van der Waals surface area contributed by atoms with E-state index in [1.165, 1.54) is 6.07 Å². The van der Waals surface area contributed by atoms with Gasteiger partial charge in [-0.3, -0.25) is 0 Å². The Hall–Kier alpha value is -3.99. The number of halogens is 1. The summed E-state index contributed by atoms with van der Waals surface area (Å²) in [4.78, 5) is 22.8. The molecule has 0 saturated heterocycles. The minimum absolute atomic E-state index is 0.299. The van der Waals surface area contributed by atoms with Gasteiger partial charge in [-0.25, -0.2) is 14.0 Å². The minimum Gasteiger partial charge on any atom is -0.423 e. The van der Waals surface area contributed by atoms with E-state index in [0.717, 1.165) is 11.6 Å². The average molecular weight is 402 g/mol. The first-order chi connectivity index (χ1) is 14.4. The van der Waals surface area contributed by atoms with Crippen LogP contribution in [0.1, 0.15) is 6.92 Å². The van der Waals surface area contributed by atoms with Gasteiger partial charge in [-0.1, -0.05) is 49.6 Å². The molecule has 0 fully saturated rings. The van der Waals surface area contributed by atoms with Crippen molar-refractivity contribution in [3.8, 4) is 33.8 Å². The lowest BCUT2D eigenvalue weighted by Crippen LogP contribution is -2.07. The predicted octanol–water partition coefficient (Wildman–Crippen LogP) is 5.73. The van der Waals surface area contributed by atoms with Gasteiger partial charge in [0.15, 0.2) is 0 Å². The third-order valence-electron chi connectivity index (χ3n) is 4.27. The number of carbonyl (C=O) groups excluding carboxylic acids is 2. The van der Waals surface area contributed by atoms with Gasteiger partial charge in [0.25, 0.3) is 0 Å². The quantitative estimate of drug-likeness (QED) is 0.300. The second-order valence-corrected chi connectivity index (χ2v) is 6.54. The SMILES string of the molecule is C=CC(=O)Oc1ccc(-c2ccc(-c3ccc(OC(=O)C(=C)C)cc3)c(F)c2)cc1. The summed E-state index contributed by atoms with van der Waals surface area (Å²) >= 11 is 0. The molecule has 3 aromatic rings. The molecule has 0 heterocycles. The third kappa shape index (κ3) is 4.89. The molecule has 0 saturated carbocycles. The largest absolute Gasteiger partial charge is 0.423 e. The molecule has 0 bridgehead atoms. The highest BCUT2D eigenvalue weighted by molar-refractivity contribution is 5.88. The Kier molecular flexibility index (Phi) is 6.23. The molecule has 150 valence electrons. The number of rotatable bonds is 6. The molecule has 3 aromatic carbocycles. The lowest BCUT2D eigenvalue weighted by atomic mass is 9.99. The fraction of sp³-hybridized carbons (Fsp3) is 0.0400. The van der Waals surface area contributed by atoms with E-state index in [9.17, 15) is 14.0 Å². The van der Waals surface area contributed by atoms with Crippen molar-refractivity contribution in [3.63, 3.8) is 0 Å². The van der Waals surface area contributed by atoms with Crippen LogP contribution in [0.4, 0.5) is 4.39 Å². The van der Waals surface area contributed by atoms with Crippen molar-refractivity contribution in [2.75, 3.05) is 0 Å². The minimum atomic E-state index is -0.543. The molecule has 0 spiro atoms. The Balaban J connectivity index is 1.78. The van der Waals surface area contributed by atoms with Crippen LogP contribution in [0.5, 0.6) is 11.5 Å². The van der Waals surface area contributed by atoms with Crippen LogP contribution < -0.4 is 9.47 Å². The van der Waals surface area contributed by atoms with Crippen LogP contribution >= 0.6 is 0 Å². The Labute approximate surface area is 173 Å². The normalized spacial score (nSPS) is 10.2. The van der Waals surface area contributed by atoms with Crippen molar-refractivity contribution in [1.29, 1.82) is 0 Å². The van der Waals surface area contributed by atoms with Crippen LogP contribution in [-0.4, -0.2) is 11.9 Å². The average Bonchev–Trinajstić information content (AvgIpc) is 2.74. The highest BCUT2D eigenvalue weighted by Gasteiger charge is 2.10. The number of hydrogen-bond donors (Lipinski definition) is 0. The van der Waals surface area contributed by atoms with Gasteiger partial charge >= 0.3 is 11.9 Å². The van der Waals surface area contributed by atoms with Crippen LogP contribution in [-0.2, 0) is 9.59 Å². The molecule has 0 radical (unpaired) electrons.